The highest BCUT2D eigenvalue weighted by Crippen LogP contribution is 2.35. The van der Waals surface area contributed by atoms with E-state index in [1.54, 1.807) is 0 Å². The maximum atomic E-state index is 9.67. The van der Waals surface area contributed by atoms with Crippen LogP contribution in [0.1, 0.15) is 16.7 Å². The number of nitrogens with zero attached hydrogens (tertiary/aromatic N) is 1. The third kappa shape index (κ3) is 4.95. The van der Waals surface area contributed by atoms with Crippen LogP contribution in [0.3, 0.4) is 0 Å². The van der Waals surface area contributed by atoms with E-state index >= 15 is 0 Å². The van der Waals surface area contributed by atoms with Crippen LogP contribution >= 0.6 is 0 Å². The molecule has 152 valence electrons. The summed E-state index contributed by atoms with van der Waals surface area (Å²) in [6.07, 6.45) is 4.29. The Hall–Kier alpha value is -3.41. The van der Waals surface area contributed by atoms with Gasteiger partial charge < -0.3 is 4.70 Å². The second kappa shape index (κ2) is 11.0. The van der Waals surface area contributed by atoms with Gasteiger partial charge in [0.15, 0.2) is 12.4 Å². The van der Waals surface area contributed by atoms with Gasteiger partial charge in [-0.25, -0.2) is 0 Å². The van der Waals surface area contributed by atoms with Crippen molar-refractivity contribution in [1.29, 1.82) is 0 Å². The Morgan fingerprint density at radius 3 is 1.07 bits per heavy atom. The normalized spacial score (nSPS) is 10.2. The van der Waals surface area contributed by atoms with Crippen LogP contribution < -0.4 is 9.27 Å². The Kier molecular flexibility index (Phi) is 8.35. The van der Waals surface area contributed by atoms with E-state index in [9.17, 15) is 12.9 Å². The predicted octanol–water partition coefficient (Wildman–Crippen LogP) is 2.70. The first kappa shape index (κ1) is 22.9. The van der Waals surface area contributed by atoms with Crippen LogP contribution in [0.15, 0.2) is 122 Å². The van der Waals surface area contributed by atoms with E-state index in [0.29, 0.717) is 0 Å². The summed E-state index contributed by atoms with van der Waals surface area (Å²) in [4.78, 5) is 0. The van der Waals surface area contributed by atoms with Crippen LogP contribution in [0.5, 0.6) is 0 Å². The van der Waals surface area contributed by atoms with Crippen LogP contribution in [0.2, 0.25) is 0 Å². The highest BCUT2D eigenvalue weighted by Gasteiger charge is 2.45. The number of hydrogen-bond acceptors (Lipinski definition) is 0. The first-order valence-electron chi connectivity index (χ1n) is 9.21. The number of halogens is 4. The minimum Gasteiger partial charge on any atom is -1.00 e. The van der Waals surface area contributed by atoms with Crippen LogP contribution in [0.4, 0.5) is 12.9 Å². The molecule has 0 radical (unpaired) electrons. The lowest BCUT2D eigenvalue weighted by Crippen LogP contribution is -3.00. The molecule has 0 amide bonds. The van der Waals surface area contributed by atoms with Crippen molar-refractivity contribution in [2.75, 3.05) is 0 Å². The van der Waals surface area contributed by atoms with E-state index in [0.717, 1.165) is 0 Å². The maximum Gasteiger partial charge on any atom is 0.762 e. The van der Waals surface area contributed by atoms with Gasteiger partial charge in [-0.15, -0.1) is 0 Å². The average molecular weight is 409 g/mol. The predicted molar refractivity (Wildman–Crippen MR) is 110 cm³/mol. The van der Waals surface area contributed by atoms with Gasteiger partial charge in [0, 0.05) is 28.8 Å². The van der Waals surface area contributed by atoms with E-state index < -0.39 is 13.1 Å². The Morgan fingerprint density at radius 2 is 0.767 bits per heavy atom. The van der Waals surface area contributed by atoms with Crippen molar-refractivity contribution in [2.45, 2.75) is 5.54 Å². The van der Waals surface area contributed by atoms with E-state index in [1.807, 2.05) is 0 Å². The zero-order chi connectivity index (χ0) is 20.5. The van der Waals surface area contributed by atoms with Gasteiger partial charge in [0.1, 0.15) is 0 Å². The second-order valence-electron chi connectivity index (χ2n) is 6.34. The van der Waals surface area contributed by atoms with E-state index in [4.69, 9.17) is 0 Å². The molecule has 1 nitrogen and oxygen atoms in total. The molecule has 0 aliphatic heterocycles. The molecule has 0 saturated heterocycles. The van der Waals surface area contributed by atoms with Gasteiger partial charge in [0.05, 0.1) is 0 Å². The molecule has 0 aliphatic carbocycles. The molecule has 0 unspecified atom stereocenters. The van der Waals surface area contributed by atoms with Gasteiger partial charge >= 0.3 is 7.54 Å². The third-order valence-electron chi connectivity index (χ3n) is 4.68. The summed E-state index contributed by atoms with van der Waals surface area (Å²) in [5, 5.41) is 0. The van der Waals surface area contributed by atoms with Gasteiger partial charge in [0.2, 0.25) is 5.54 Å². The molecule has 30 heavy (non-hydrogen) atoms. The molecule has 6 heteroatoms. The van der Waals surface area contributed by atoms with Gasteiger partial charge in [-0.1, -0.05) is 97.1 Å². The van der Waals surface area contributed by atoms with Crippen LogP contribution in [0.25, 0.3) is 0 Å². The molecule has 0 spiro atoms. The molecule has 3 aromatic carbocycles. The summed E-state index contributed by atoms with van der Waals surface area (Å²) in [6.45, 7) is 0. The Balaban J connectivity index is 0.000000591. The second-order valence-corrected chi connectivity index (χ2v) is 6.34. The molecule has 1 aromatic heterocycles. The summed E-state index contributed by atoms with van der Waals surface area (Å²) >= 11 is 0. The van der Waals surface area contributed by atoms with Crippen LogP contribution in [0, 0.1) is 0 Å². The van der Waals surface area contributed by atoms with E-state index in [1.165, 1.54) is 16.7 Å². The maximum absolute atomic E-state index is 9.67. The average Bonchev–Trinajstić information content (AvgIpc) is 2.77. The molecule has 0 fully saturated rings. The number of aromatic nitrogens is 1. The quantitative estimate of drug-likeness (QED) is 0.211. The van der Waals surface area contributed by atoms with E-state index in [2.05, 4.69) is 126 Å². The lowest BCUT2D eigenvalue weighted by Gasteiger charge is -2.30. The van der Waals surface area contributed by atoms with Crippen molar-refractivity contribution in [1.82, 2.24) is 0 Å². The number of benzene rings is 3. The first-order chi connectivity index (χ1) is 14.2. The SMILES string of the molecule is FB(F)F.[F-].c1ccc(C(c2ccccc2)(c2ccccc2)[n+]2ccccc2)cc1. The summed E-state index contributed by atoms with van der Waals surface area (Å²) in [5.41, 5.74) is 3.31. The monoisotopic (exact) mass is 409 g/mol. The zero-order valence-electron chi connectivity index (χ0n) is 16.1. The first-order valence-corrected chi connectivity index (χ1v) is 9.21. The van der Waals surface area contributed by atoms with Gasteiger partial charge in [-0.3, -0.25) is 12.9 Å². The third-order valence-corrected chi connectivity index (χ3v) is 4.68. The largest absolute Gasteiger partial charge is 1.00 e. The Morgan fingerprint density at radius 1 is 0.500 bits per heavy atom. The summed E-state index contributed by atoms with van der Waals surface area (Å²) in [5.74, 6) is 0. The lowest BCUT2D eigenvalue weighted by atomic mass is 9.76. The lowest BCUT2D eigenvalue weighted by molar-refractivity contribution is -0.734. The summed E-state index contributed by atoms with van der Waals surface area (Å²) in [6, 6.07) is 38.4. The number of pyridine rings is 1. The van der Waals surface area contributed by atoms with Crippen molar-refractivity contribution in [3.05, 3.63) is 138 Å². The standard InChI is InChI=1S/C24H20N.BF3.FH/c1-5-13-21(14-6-1)24(22-15-7-2-8-16-22,23-17-9-3-10-18-23)25-19-11-4-12-20-25;2-1(3)4;/h1-20H;;1H/q+1;;/p-1. The van der Waals surface area contributed by atoms with Crippen molar-refractivity contribution < 1.29 is 22.2 Å². The smallest absolute Gasteiger partial charge is 0.762 e. The molecule has 0 saturated carbocycles. The topological polar surface area (TPSA) is 3.88 Å². The molecule has 0 bridgehead atoms. The van der Waals surface area contributed by atoms with Gasteiger partial charge in [0.25, 0.3) is 0 Å². The van der Waals surface area contributed by atoms with Crippen molar-refractivity contribution in [2.24, 2.45) is 0 Å². The summed E-state index contributed by atoms with van der Waals surface area (Å²) in [7, 11) is -3.67. The molecule has 4 rings (SSSR count). The fraction of sp³-hybridized carbons (Fsp3) is 0.0417. The minimum atomic E-state index is -3.67. The van der Waals surface area contributed by atoms with Crippen LogP contribution in [-0.2, 0) is 5.54 Å². The fourth-order valence-electron chi connectivity index (χ4n) is 3.61. The molecule has 0 N–H and O–H groups in total. The van der Waals surface area contributed by atoms with Crippen LogP contribution in [-0.4, -0.2) is 7.54 Å². The number of hydrogen-bond donors (Lipinski definition) is 0. The van der Waals surface area contributed by atoms with Gasteiger partial charge in [-0.05, 0) is 0 Å². The highest BCUT2D eigenvalue weighted by molar-refractivity contribution is 6.33. The Bertz CT molecular complexity index is 818. The molecular formula is C24H20BF4N. The number of rotatable bonds is 4. The van der Waals surface area contributed by atoms with E-state index in [-0.39, 0.29) is 4.70 Å². The van der Waals surface area contributed by atoms with Gasteiger partial charge in [-0.2, -0.15) is 4.57 Å². The molecule has 1 heterocycles. The zero-order valence-corrected chi connectivity index (χ0v) is 16.1. The van der Waals surface area contributed by atoms with Crippen molar-refractivity contribution in [3.63, 3.8) is 0 Å². The molecular weight excluding hydrogens is 389 g/mol. The molecule has 4 aromatic rings. The molecule has 0 atom stereocenters. The molecule has 0 aliphatic rings. The van der Waals surface area contributed by atoms with Crippen molar-refractivity contribution in [3.8, 4) is 0 Å². The highest BCUT2D eigenvalue weighted by atomic mass is 19.4. The fourth-order valence-corrected chi connectivity index (χ4v) is 3.61. The minimum absolute atomic E-state index is 0. The Labute approximate surface area is 174 Å². The summed E-state index contributed by atoms with van der Waals surface area (Å²) < 4.78 is 31.3. The van der Waals surface area contributed by atoms with Crippen molar-refractivity contribution >= 4 is 7.54 Å².